The van der Waals surface area contributed by atoms with E-state index in [-0.39, 0.29) is 12.5 Å². The summed E-state index contributed by atoms with van der Waals surface area (Å²) in [5, 5.41) is 8.57. The Morgan fingerprint density at radius 1 is 1.63 bits per heavy atom. The van der Waals surface area contributed by atoms with Gasteiger partial charge >= 0.3 is 5.97 Å². The van der Waals surface area contributed by atoms with Gasteiger partial charge in [-0.3, -0.25) is 9.69 Å². The lowest BCUT2D eigenvalue weighted by Gasteiger charge is -2.27. The van der Waals surface area contributed by atoms with Crippen molar-refractivity contribution < 1.29 is 14.6 Å². The second-order valence-electron chi connectivity index (χ2n) is 4.44. The van der Waals surface area contributed by atoms with Crippen LogP contribution in [0.1, 0.15) is 31.0 Å². The van der Waals surface area contributed by atoms with Gasteiger partial charge in [0.1, 0.15) is 5.69 Å². The summed E-state index contributed by atoms with van der Waals surface area (Å²) in [5.41, 5.74) is 0.818. The highest BCUT2D eigenvalue weighted by molar-refractivity contribution is 6.99. The number of hydrogen-bond donors (Lipinski definition) is 1. The average Bonchev–Trinajstić information content (AvgIpc) is 2.83. The first-order valence-corrected chi connectivity index (χ1v) is 6.95. The van der Waals surface area contributed by atoms with Crippen molar-refractivity contribution >= 4 is 17.7 Å². The lowest BCUT2D eigenvalue weighted by molar-refractivity contribution is -0.137. The molecule has 0 bridgehead atoms. The fourth-order valence-corrected chi connectivity index (χ4v) is 2.48. The predicted octanol–water partition coefficient (Wildman–Crippen LogP) is 1.71. The van der Waals surface area contributed by atoms with Crippen molar-refractivity contribution in [3.05, 3.63) is 17.8 Å². The van der Waals surface area contributed by atoms with Crippen LogP contribution in [0.4, 0.5) is 0 Å². The third kappa shape index (κ3) is 3.74. The third-order valence-corrected chi connectivity index (χ3v) is 3.50. The molecule has 0 saturated heterocycles. The van der Waals surface area contributed by atoms with Gasteiger partial charge in [0.05, 0.1) is 24.4 Å². The van der Waals surface area contributed by atoms with Gasteiger partial charge in [-0.15, -0.1) is 4.37 Å². The SMILES string of the molecule is CN1CCC=CC1c1nsnc1OCCCC(=O)O. The Morgan fingerprint density at radius 3 is 3.21 bits per heavy atom. The van der Waals surface area contributed by atoms with Crippen LogP contribution < -0.4 is 4.74 Å². The van der Waals surface area contributed by atoms with Gasteiger partial charge in [0.15, 0.2) is 0 Å². The van der Waals surface area contributed by atoms with Crippen LogP contribution in [0.2, 0.25) is 0 Å². The standard InChI is InChI=1S/C12H17N3O3S/c1-15-7-3-2-5-9(15)11-12(14-19-13-11)18-8-4-6-10(16)17/h2,5,9H,3-4,6-8H2,1H3,(H,16,17). The molecule has 1 unspecified atom stereocenters. The van der Waals surface area contributed by atoms with Crippen LogP contribution in [0, 0.1) is 0 Å². The van der Waals surface area contributed by atoms with Gasteiger partial charge in [0, 0.05) is 13.0 Å². The lowest BCUT2D eigenvalue weighted by Crippen LogP contribution is -2.27. The van der Waals surface area contributed by atoms with E-state index < -0.39 is 5.97 Å². The minimum Gasteiger partial charge on any atom is -0.481 e. The molecule has 1 aliphatic heterocycles. The molecule has 0 radical (unpaired) electrons. The fourth-order valence-electron chi connectivity index (χ4n) is 1.95. The summed E-state index contributed by atoms with van der Waals surface area (Å²) in [4.78, 5) is 12.6. The molecule has 7 heteroatoms. The van der Waals surface area contributed by atoms with Crippen molar-refractivity contribution in [2.45, 2.75) is 25.3 Å². The molecule has 0 amide bonds. The van der Waals surface area contributed by atoms with Crippen molar-refractivity contribution in [1.29, 1.82) is 0 Å². The molecule has 19 heavy (non-hydrogen) atoms. The van der Waals surface area contributed by atoms with E-state index in [1.54, 1.807) is 0 Å². The highest BCUT2D eigenvalue weighted by Gasteiger charge is 2.24. The second kappa shape index (κ2) is 6.63. The summed E-state index contributed by atoms with van der Waals surface area (Å²) in [5.74, 6) is -0.283. The first-order chi connectivity index (χ1) is 9.18. The molecule has 0 saturated carbocycles. The van der Waals surface area contributed by atoms with E-state index in [9.17, 15) is 4.79 Å². The van der Waals surface area contributed by atoms with E-state index in [0.717, 1.165) is 30.4 Å². The molecule has 6 nitrogen and oxygen atoms in total. The maximum atomic E-state index is 10.4. The van der Waals surface area contributed by atoms with Gasteiger partial charge in [0.25, 0.3) is 5.88 Å². The number of ether oxygens (including phenoxy) is 1. The molecule has 0 aliphatic carbocycles. The Hall–Kier alpha value is -1.47. The predicted molar refractivity (Wildman–Crippen MR) is 71.4 cm³/mol. The van der Waals surface area contributed by atoms with Crippen molar-refractivity contribution in [2.24, 2.45) is 0 Å². The van der Waals surface area contributed by atoms with Gasteiger partial charge in [-0.05, 0) is 19.9 Å². The van der Waals surface area contributed by atoms with E-state index in [2.05, 4.69) is 25.8 Å². The number of likely N-dealkylation sites (N-methyl/N-ethyl adjacent to an activating group) is 1. The van der Waals surface area contributed by atoms with Crippen LogP contribution in [0.3, 0.4) is 0 Å². The number of hydrogen-bond acceptors (Lipinski definition) is 6. The Labute approximate surface area is 116 Å². The molecule has 2 rings (SSSR count). The Kier molecular flexibility index (Phi) is 4.86. The van der Waals surface area contributed by atoms with Crippen molar-refractivity contribution in [2.75, 3.05) is 20.2 Å². The largest absolute Gasteiger partial charge is 0.481 e. The number of carboxylic acid groups (broad SMARTS) is 1. The van der Waals surface area contributed by atoms with Crippen LogP contribution in [-0.4, -0.2) is 44.9 Å². The van der Waals surface area contributed by atoms with Crippen LogP contribution in [0.15, 0.2) is 12.2 Å². The normalized spacial score (nSPS) is 19.5. The molecule has 1 N–H and O–H groups in total. The van der Waals surface area contributed by atoms with Crippen LogP contribution in [-0.2, 0) is 4.79 Å². The summed E-state index contributed by atoms with van der Waals surface area (Å²) in [6.07, 6.45) is 5.86. The first-order valence-electron chi connectivity index (χ1n) is 6.22. The summed E-state index contributed by atoms with van der Waals surface area (Å²) < 4.78 is 14.0. The van der Waals surface area contributed by atoms with Gasteiger partial charge in [0.2, 0.25) is 0 Å². The van der Waals surface area contributed by atoms with Gasteiger partial charge < -0.3 is 9.84 Å². The molecule has 1 atom stereocenters. The number of carbonyl (C=O) groups is 1. The van der Waals surface area contributed by atoms with Gasteiger partial charge in [-0.2, -0.15) is 4.37 Å². The monoisotopic (exact) mass is 283 g/mol. The minimum atomic E-state index is -0.810. The number of rotatable bonds is 6. The number of aliphatic carboxylic acids is 1. The van der Waals surface area contributed by atoms with Gasteiger partial charge in [-0.1, -0.05) is 12.2 Å². The van der Waals surface area contributed by atoms with Crippen LogP contribution in [0.25, 0.3) is 0 Å². The van der Waals surface area contributed by atoms with Crippen LogP contribution in [0.5, 0.6) is 5.88 Å². The van der Waals surface area contributed by atoms with Crippen LogP contribution >= 0.6 is 11.7 Å². The van der Waals surface area contributed by atoms with E-state index in [0.29, 0.717) is 18.9 Å². The molecule has 104 valence electrons. The molecule has 1 aromatic heterocycles. The quantitative estimate of drug-likeness (QED) is 0.633. The first kappa shape index (κ1) is 14.0. The fraction of sp³-hybridized carbons (Fsp3) is 0.583. The summed E-state index contributed by atoms with van der Waals surface area (Å²) in [6.45, 7) is 1.34. The summed E-state index contributed by atoms with van der Waals surface area (Å²) >= 11 is 1.12. The number of carboxylic acids is 1. The van der Waals surface area contributed by atoms with E-state index >= 15 is 0 Å². The van der Waals surface area contributed by atoms with E-state index in [1.807, 2.05) is 7.05 Å². The van der Waals surface area contributed by atoms with E-state index in [1.165, 1.54) is 0 Å². The summed E-state index contributed by atoms with van der Waals surface area (Å²) in [6, 6.07) is 0.0990. The van der Waals surface area contributed by atoms with Crippen molar-refractivity contribution in [3.63, 3.8) is 0 Å². The smallest absolute Gasteiger partial charge is 0.303 e. The molecule has 1 aromatic rings. The average molecular weight is 283 g/mol. The van der Waals surface area contributed by atoms with Crippen molar-refractivity contribution in [3.8, 4) is 5.88 Å². The second-order valence-corrected chi connectivity index (χ2v) is 4.97. The Morgan fingerprint density at radius 2 is 2.47 bits per heavy atom. The van der Waals surface area contributed by atoms with Gasteiger partial charge in [-0.25, -0.2) is 0 Å². The third-order valence-electron chi connectivity index (χ3n) is 2.98. The van der Waals surface area contributed by atoms with Crippen molar-refractivity contribution in [1.82, 2.24) is 13.6 Å². The highest BCUT2D eigenvalue weighted by atomic mass is 32.1. The lowest BCUT2D eigenvalue weighted by atomic mass is 10.1. The molecule has 0 aromatic carbocycles. The number of aromatic nitrogens is 2. The molecular weight excluding hydrogens is 266 g/mol. The number of nitrogens with zero attached hydrogens (tertiary/aromatic N) is 3. The zero-order valence-electron chi connectivity index (χ0n) is 10.8. The maximum absolute atomic E-state index is 10.4. The zero-order chi connectivity index (χ0) is 13.7. The maximum Gasteiger partial charge on any atom is 0.303 e. The molecular formula is C12H17N3O3S. The molecule has 1 aliphatic rings. The topological polar surface area (TPSA) is 75.5 Å². The molecule has 0 spiro atoms. The highest BCUT2D eigenvalue weighted by Crippen LogP contribution is 2.30. The molecule has 2 heterocycles. The zero-order valence-corrected chi connectivity index (χ0v) is 11.6. The minimum absolute atomic E-state index is 0.0990. The van der Waals surface area contributed by atoms with E-state index in [4.69, 9.17) is 9.84 Å². The Bertz CT molecular complexity index is 461. The summed E-state index contributed by atoms with van der Waals surface area (Å²) in [7, 11) is 2.04. The molecule has 0 fully saturated rings. The Balaban J connectivity index is 1.95.